The van der Waals surface area contributed by atoms with Crippen LogP contribution in [0.25, 0.3) is 22.8 Å². The average molecular weight is 252 g/mol. The van der Waals surface area contributed by atoms with Crippen molar-refractivity contribution in [3.05, 3.63) is 48.3 Å². The molecule has 0 fully saturated rings. The highest BCUT2D eigenvalue weighted by atomic mass is 16.5. The molecular weight excluding hydrogens is 240 g/mol. The van der Waals surface area contributed by atoms with Gasteiger partial charge in [-0.2, -0.15) is 4.98 Å². The maximum atomic E-state index is 5.79. The lowest BCUT2D eigenvalue weighted by Gasteiger charge is -2.00. The summed E-state index contributed by atoms with van der Waals surface area (Å²) in [6.45, 7) is 1.94. The molecular formula is C14H12N4O. The third-order valence-corrected chi connectivity index (χ3v) is 2.88. The van der Waals surface area contributed by atoms with Crippen LogP contribution in [-0.4, -0.2) is 15.1 Å². The van der Waals surface area contributed by atoms with E-state index in [1.54, 1.807) is 12.4 Å². The second-order valence-corrected chi connectivity index (χ2v) is 4.23. The first-order valence-electron chi connectivity index (χ1n) is 5.84. The molecule has 0 saturated carbocycles. The van der Waals surface area contributed by atoms with Crippen molar-refractivity contribution in [2.75, 3.05) is 5.73 Å². The highest BCUT2D eigenvalue weighted by Gasteiger charge is 2.10. The van der Waals surface area contributed by atoms with Gasteiger partial charge in [0.25, 0.3) is 5.89 Å². The van der Waals surface area contributed by atoms with Crippen LogP contribution in [0.4, 0.5) is 5.69 Å². The minimum atomic E-state index is 0.481. The molecule has 0 unspecified atom stereocenters. The molecule has 0 aliphatic heterocycles. The maximum absolute atomic E-state index is 5.79. The zero-order valence-electron chi connectivity index (χ0n) is 10.4. The topological polar surface area (TPSA) is 77.8 Å². The van der Waals surface area contributed by atoms with Crippen molar-refractivity contribution in [2.24, 2.45) is 0 Å². The highest BCUT2D eigenvalue weighted by Crippen LogP contribution is 2.24. The van der Waals surface area contributed by atoms with E-state index in [2.05, 4.69) is 15.1 Å². The zero-order valence-corrected chi connectivity index (χ0v) is 10.4. The Morgan fingerprint density at radius 2 is 1.84 bits per heavy atom. The molecule has 0 saturated heterocycles. The normalized spacial score (nSPS) is 10.6. The van der Waals surface area contributed by atoms with Gasteiger partial charge in [0.2, 0.25) is 5.82 Å². The summed E-state index contributed by atoms with van der Waals surface area (Å²) in [7, 11) is 0. The van der Waals surface area contributed by atoms with Crippen LogP contribution < -0.4 is 5.73 Å². The largest absolute Gasteiger partial charge is 0.399 e. The average Bonchev–Trinajstić information content (AvgIpc) is 2.93. The van der Waals surface area contributed by atoms with E-state index in [9.17, 15) is 0 Å². The number of pyridine rings is 1. The summed E-state index contributed by atoms with van der Waals surface area (Å²) in [5.74, 6) is 1.03. The number of aromatic nitrogens is 3. The number of nitrogens with two attached hydrogens (primary N) is 1. The summed E-state index contributed by atoms with van der Waals surface area (Å²) in [6, 6.07) is 9.30. The van der Waals surface area contributed by atoms with Crippen LogP contribution in [0.2, 0.25) is 0 Å². The smallest absolute Gasteiger partial charge is 0.258 e. The third kappa shape index (κ3) is 2.18. The summed E-state index contributed by atoms with van der Waals surface area (Å²) in [6.07, 6.45) is 3.39. The van der Waals surface area contributed by atoms with Crippen LogP contribution in [0.3, 0.4) is 0 Å². The number of rotatable bonds is 2. The van der Waals surface area contributed by atoms with Crippen molar-refractivity contribution < 1.29 is 4.52 Å². The Bertz CT molecular complexity index is 706. The zero-order chi connectivity index (χ0) is 13.2. The molecule has 19 heavy (non-hydrogen) atoms. The summed E-state index contributed by atoms with van der Waals surface area (Å²) < 4.78 is 5.28. The molecule has 0 amide bonds. The lowest BCUT2D eigenvalue weighted by atomic mass is 10.1. The number of aryl methyl sites for hydroxylation is 1. The fraction of sp³-hybridized carbons (Fsp3) is 0.0714. The minimum Gasteiger partial charge on any atom is -0.399 e. The fourth-order valence-electron chi connectivity index (χ4n) is 1.77. The van der Waals surface area contributed by atoms with Crippen molar-refractivity contribution >= 4 is 5.69 Å². The van der Waals surface area contributed by atoms with Gasteiger partial charge in [-0.3, -0.25) is 4.98 Å². The Morgan fingerprint density at radius 3 is 2.58 bits per heavy atom. The maximum Gasteiger partial charge on any atom is 0.258 e. The molecule has 0 radical (unpaired) electrons. The Morgan fingerprint density at radius 1 is 1.05 bits per heavy atom. The molecule has 0 bridgehead atoms. The van der Waals surface area contributed by atoms with Gasteiger partial charge in [0.15, 0.2) is 0 Å². The number of nitrogens with zero attached hydrogens (tertiary/aromatic N) is 3. The van der Waals surface area contributed by atoms with Crippen molar-refractivity contribution in [1.29, 1.82) is 0 Å². The standard InChI is InChI=1S/C14H12N4O/c1-9-8-11(2-3-12(9)15)14-17-13(18-19-14)10-4-6-16-7-5-10/h2-8H,15H2,1H3. The Balaban J connectivity index is 1.99. The summed E-state index contributed by atoms with van der Waals surface area (Å²) in [5.41, 5.74) is 9.26. The Kier molecular flexibility index (Phi) is 2.72. The highest BCUT2D eigenvalue weighted by molar-refractivity contribution is 5.63. The fourth-order valence-corrected chi connectivity index (χ4v) is 1.77. The number of hydrogen-bond acceptors (Lipinski definition) is 5. The summed E-state index contributed by atoms with van der Waals surface area (Å²) in [5, 5.41) is 3.97. The van der Waals surface area contributed by atoms with E-state index in [0.717, 1.165) is 22.4 Å². The lowest BCUT2D eigenvalue weighted by molar-refractivity contribution is 0.432. The predicted octanol–water partition coefficient (Wildman–Crippen LogP) is 2.69. The van der Waals surface area contributed by atoms with E-state index >= 15 is 0 Å². The van der Waals surface area contributed by atoms with E-state index in [1.807, 2.05) is 37.3 Å². The molecule has 0 atom stereocenters. The lowest BCUT2D eigenvalue weighted by Crippen LogP contribution is -1.89. The van der Waals surface area contributed by atoms with E-state index in [-0.39, 0.29) is 0 Å². The van der Waals surface area contributed by atoms with Gasteiger partial charge in [-0.25, -0.2) is 0 Å². The summed E-state index contributed by atoms with van der Waals surface area (Å²) >= 11 is 0. The number of benzene rings is 1. The monoisotopic (exact) mass is 252 g/mol. The predicted molar refractivity (Wildman–Crippen MR) is 72.1 cm³/mol. The van der Waals surface area contributed by atoms with Crippen molar-refractivity contribution in [1.82, 2.24) is 15.1 Å². The molecule has 2 aromatic heterocycles. The second-order valence-electron chi connectivity index (χ2n) is 4.23. The van der Waals surface area contributed by atoms with Gasteiger partial charge in [0, 0.05) is 29.2 Å². The molecule has 2 N–H and O–H groups in total. The van der Waals surface area contributed by atoms with Gasteiger partial charge in [-0.1, -0.05) is 5.16 Å². The van der Waals surface area contributed by atoms with Crippen molar-refractivity contribution in [3.63, 3.8) is 0 Å². The molecule has 0 spiro atoms. The number of anilines is 1. The quantitative estimate of drug-likeness (QED) is 0.709. The SMILES string of the molecule is Cc1cc(-c2nc(-c3ccncc3)no2)ccc1N. The molecule has 0 aliphatic carbocycles. The van der Waals surface area contributed by atoms with Crippen molar-refractivity contribution in [2.45, 2.75) is 6.92 Å². The van der Waals surface area contributed by atoms with Gasteiger partial charge in [-0.15, -0.1) is 0 Å². The first kappa shape index (κ1) is 11.4. The van der Waals surface area contributed by atoms with Crippen LogP contribution in [0.1, 0.15) is 5.56 Å². The number of hydrogen-bond donors (Lipinski definition) is 1. The van der Waals surface area contributed by atoms with Gasteiger partial charge in [-0.05, 0) is 42.8 Å². The van der Waals surface area contributed by atoms with Crippen LogP contribution in [0.5, 0.6) is 0 Å². The van der Waals surface area contributed by atoms with Gasteiger partial charge in [0.05, 0.1) is 0 Å². The van der Waals surface area contributed by atoms with Gasteiger partial charge >= 0.3 is 0 Å². The van der Waals surface area contributed by atoms with Gasteiger partial charge in [0.1, 0.15) is 0 Å². The van der Waals surface area contributed by atoms with E-state index < -0.39 is 0 Å². The first-order chi connectivity index (χ1) is 9.24. The minimum absolute atomic E-state index is 0.481. The van der Waals surface area contributed by atoms with E-state index in [4.69, 9.17) is 10.3 Å². The third-order valence-electron chi connectivity index (χ3n) is 2.88. The number of nitrogen functional groups attached to an aromatic ring is 1. The van der Waals surface area contributed by atoms with Crippen LogP contribution in [0, 0.1) is 6.92 Å². The second kappa shape index (κ2) is 4.53. The molecule has 3 aromatic rings. The molecule has 2 heterocycles. The molecule has 5 heteroatoms. The van der Waals surface area contributed by atoms with Gasteiger partial charge < -0.3 is 10.3 Å². The molecule has 1 aromatic carbocycles. The Hall–Kier alpha value is -2.69. The van der Waals surface area contributed by atoms with Crippen LogP contribution in [0.15, 0.2) is 47.2 Å². The van der Waals surface area contributed by atoms with E-state index in [1.165, 1.54) is 0 Å². The molecule has 0 aliphatic rings. The van der Waals surface area contributed by atoms with E-state index in [0.29, 0.717) is 11.7 Å². The first-order valence-corrected chi connectivity index (χ1v) is 5.84. The summed E-state index contributed by atoms with van der Waals surface area (Å²) in [4.78, 5) is 8.33. The molecule has 5 nitrogen and oxygen atoms in total. The molecule has 94 valence electrons. The Labute approximate surface area is 110 Å². The van der Waals surface area contributed by atoms with Crippen LogP contribution in [-0.2, 0) is 0 Å². The molecule has 3 rings (SSSR count). The van der Waals surface area contributed by atoms with Crippen molar-refractivity contribution in [3.8, 4) is 22.8 Å². The van der Waals surface area contributed by atoms with Crippen LogP contribution >= 0.6 is 0 Å².